The molecule has 2 aromatic rings. The Balaban J connectivity index is 2.38. The number of hydrogen-bond donors (Lipinski definition) is 0. The molecule has 2 rings (SSSR count). The molecule has 0 saturated heterocycles. The molecule has 0 spiro atoms. The van der Waals surface area contributed by atoms with Crippen LogP contribution in [0, 0.1) is 0 Å². The molecular weight excluding hydrogens is 294 g/mol. The summed E-state index contributed by atoms with van der Waals surface area (Å²) in [7, 11) is 2.82. The number of carbonyl (C=O) groups is 2. The number of aromatic nitrogens is 2. The van der Waals surface area contributed by atoms with Crippen LogP contribution in [0.4, 0.5) is 5.69 Å². The minimum Gasteiger partial charge on any atom is -0.465 e. The van der Waals surface area contributed by atoms with Gasteiger partial charge in [0.1, 0.15) is 10.8 Å². The summed E-state index contributed by atoms with van der Waals surface area (Å²) in [6.07, 6.45) is 2.65. The van der Waals surface area contributed by atoms with Crippen molar-refractivity contribution in [1.82, 2.24) is 9.97 Å². The van der Waals surface area contributed by atoms with Gasteiger partial charge in [0.05, 0.1) is 30.8 Å². The molecule has 0 unspecified atom stereocenters. The summed E-state index contributed by atoms with van der Waals surface area (Å²) >= 11 is 5.73. The first-order valence-electron chi connectivity index (χ1n) is 5.97. The lowest BCUT2D eigenvalue weighted by Gasteiger charge is -2.19. The number of nitrogens with zero attached hydrogens (tertiary/aromatic N) is 3. The molecule has 1 heterocycles. The number of benzene rings is 1. The van der Waals surface area contributed by atoms with Crippen molar-refractivity contribution >= 4 is 29.2 Å². The van der Waals surface area contributed by atoms with E-state index in [4.69, 9.17) is 16.3 Å². The Bertz CT molecular complexity index is 691. The zero-order chi connectivity index (χ0) is 15.4. The molecule has 7 heteroatoms. The van der Waals surface area contributed by atoms with Crippen molar-refractivity contribution in [2.45, 2.75) is 0 Å². The number of rotatable bonds is 3. The Kier molecular flexibility index (Phi) is 4.49. The van der Waals surface area contributed by atoms with E-state index >= 15 is 0 Å². The van der Waals surface area contributed by atoms with Crippen LogP contribution in [0.25, 0.3) is 0 Å². The van der Waals surface area contributed by atoms with Crippen LogP contribution in [0.1, 0.15) is 20.8 Å². The lowest BCUT2D eigenvalue weighted by atomic mass is 10.1. The van der Waals surface area contributed by atoms with E-state index in [-0.39, 0.29) is 16.4 Å². The molecule has 0 aliphatic rings. The Hall–Kier alpha value is -2.47. The summed E-state index contributed by atoms with van der Waals surface area (Å²) in [5.74, 6) is -0.955. The van der Waals surface area contributed by atoms with Gasteiger partial charge < -0.3 is 9.64 Å². The molecule has 1 aromatic heterocycles. The summed E-state index contributed by atoms with van der Waals surface area (Å²) in [6.45, 7) is 0. The zero-order valence-corrected chi connectivity index (χ0v) is 12.2. The second-order valence-corrected chi connectivity index (χ2v) is 4.49. The highest BCUT2D eigenvalue weighted by Crippen LogP contribution is 2.21. The normalized spacial score (nSPS) is 10.0. The van der Waals surface area contributed by atoms with Crippen molar-refractivity contribution in [3.05, 3.63) is 53.1 Å². The summed E-state index contributed by atoms with van der Waals surface area (Å²) in [5.41, 5.74) is 0.784. The van der Waals surface area contributed by atoms with Crippen molar-refractivity contribution in [3.63, 3.8) is 0 Å². The van der Waals surface area contributed by atoms with Crippen molar-refractivity contribution in [1.29, 1.82) is 0 Å². The molecule has 0 saturated carbocycles. The molecule has 1 aromatic carbocycles. The highest BCUT2D eigenvalue weighted by Gasteiger charge is 2.21. The molecule has 0 bridgehead atoms. The molecule has 6 nitrogen and oxygen atoms in total. The van der Waals surface area contributed by atoms with E-state index in [2.05, 4.69) is 9.97 Å². The number of ether oxygens (including phenoxy) is 1. The number of esters is 1. The number of para-hydroxylation sites is 1. The standard InChI is InChI=1S/C14H12ClN3O3/c1-18(13(19)10-7-16-8-12(15)17-10)11-6-4-3-5-9(11)14(20)21-2/h3-8H,1-2H3. The monoisotopic (exact) mass is 305 g/mol. The maximum Gasteiger partial charge on any atom is 0.339 e. The maximum atomic E-state index is 12.4. The fourth-order valence-electron chi connectivity index (χ4n) is 1.78. The summed E-state index contributed by atoms with van der Waals surface area (Å²) < 4.78 is 4.71. The third-order valence-corrected chi connectivity index (χ3v) is 2.98. The highest BCUT2D eigenvalue weighted by atomic mass is 35.5. The smallest absolute Gasteiger partial charge is 0.339 e. The van der Waals surface area contributed by atoms with Gasteiger partial charge in [-0.25, -0.2) is 9.78 Å². The number of halogens is 1. The van der Waals surface area contributed by atoms with Gasteiger partial charge in [0.15, 0.2) is 0 Å². The second kappa shape index (κ2) is 6.32. The average molecular weight is 306 g/mol. The molecule has 0 atom stereocenters. The van der Waals surface area contributed by atoms with E-state index in [0.29, 0.717) is 5.69 Å². The molecule has 108 valence electrons. The molecule has 1 amide bonds. The van der Waals surface area contributed by atoms with E-state index in [1.165, 1.54) is 31.5 Å². The van der Waals surface area contributed by atoms with Crippen LogP contribution in [0.15, 0.2) is 36.7 Å². The van der Waals surface area contributed by atoms with Gasteiger partial charge in [-0.1, -0.05) is 23.7 Å². The van der Waals surface area contributed by atoms with E-state index in [0.717, 1.165) is 0 Å². The summed E-state index contributed by atoms with van der Waals surface area (Å²) in [5, 5.41) is 0.121. The predicted molar refractivity (Wildman–Crippen MR) is 77.6 cm³/mol. The SMILES string of the molecule is COC(=O)c1ccccc1N(C)C(=O)c1cncc(Cl)n1. The topological polar surface area (TPSA) is 72.4 Å². The third-order valence-electron chi connectivity index (χ3n) is 2.80. The number of amides is 1. The van der Waals surface area contributed by atoms with E-state index < -0.39 is 11.9 Å². The first-order valence-corrected chi connectivity index (χ1v) is 6.35. The summed E-state index contributed by atoms with van der Waals surface area (Å²) in [6, 6.07) is 6.62. The van der Waals surface area contributed by atoms with E-state index in [9.17, 15) is 9.59 Å². The number of anilines is 1. The van der Waals surface area contributed by atoms with E-state index in [1.807, 2.05) is 0 Å². The fourth-order valence-corrected chi connectivity index (χ4v) is 1.92. The van der Waals surface area contributed by atoms with Gasteiger partial charge in [-0.05, 0) is 12.1 Å². The van der Waals surface area contributed by atoms with Crippen LogP contribution in [0.2, 0.25) is 5.15 Å². The fraction of sp³-hybridized carbons (Fsp3) is 0.143. The molecule has 0 N–H and O–H groups in total. The quantitative estimate of drug-likeness (QED) is 0.813. The molecule has 0 aliphatic carbocycles. The predicted octanol–water partition coefficient (Wildman–Crippen LogP) is 2.19. The van der Waals surface area contributed by atoms with Crippen molar-refractivity contribution in [3.8, 4) is 0 Å². The number of hydrogen-bond acceptors (Lipinski definition) is 5. The van der Waals surface area contributed by atoms with Crippen LogP contribution in [-0.2, 0) is 4.74 Å². The van der Waals surface area contributed by atoms with Crippen molar-refractivity contribution in [2.75, 3.05) is 19.1 Å². The van der Waals surface area contributed by atoms with E-state index in [1.54, 1.807) is 24.3 Å². The van der Waals surface area contributed by atoms with Crippen molar-refractivity contribution in [2.24, 2.45) is 0 Å². The van der Waals surface area contributed by atoms with Gasteiger partial charge in [-0.15, -0.1) is 0 Å². The minimum atomic E-state index is -0.526. The first-order chi connectivity index (χ1) is 10.0. The van der Waals surface area contributed by atoms with Crippen LogP contribution in [-0.4, -0.2) is 36.0 Å². The first kappa shape index (κ1) is 14.9. The number of methoxy groups -OCH3 is 1. The molecule has 0 radical (unpaired) electrons. The third kappa shape index (κ3) is 3.17. The van der Waals surface area contributed by atoms with Gasteiger partial charge in [-0.3, -0.25) is 9.78 Å². The Morgan fingerprint density at radius 2 is 1.95 bits per heavy atom. The van der Waals surface area contributed by atoms with Crippen LogP contribution in [0.3, 0.4) is 0 Å². The summed E-state index contributed by atoms with van der Waals surface area (Å²) in [4.78, 5) is 33.1. The van der Waals surface area contributed by atoms with Gasteiger partial charge in [0.25, 0.3) is 5.91 Å². The lowest BCUT2D eigenvalue weighted by Crippen LogP contribution is -2.29. The van der Waals surface area contributed by atoms with Crippen molar-refractivity contribution < 1.29 is 14.3 Å². The van der Waals surface area contributed by atoms with Crippen LogP contribution < -0.4 is 4.90 Å². The average Bonchev–Trinajstić information content (AvgIpc) is 2.52. The number of carbonyl (C=O) groups excluding carboxylic acids is 2. The molecular formula is C14H12ClN3O3. The van der Waals surface area contributed by atoms with Gasteiger partial charge >= 0.3 is 5.97 Å². The van der Waals surface area contributed by atoms with Crippen LogP contribution >= 0.6 is 11.6 Å². The molecule has 21 heavy (non-hydrogen) atoms. The molecule has 0 aliphatic heterocycles. The molecule has 0 fully saturated rings. The lowest BCUT2D eigenvalue weighted by molar-refractivity contribution is 0.0601. The highest BCUT2D eigenvalue weighted by molar-refractivity contribution is 6.29. The zero-order valence-electron chi connectivity index (χ0n) is 11.4. The maximum absolute atomic E-state index is 12.4. The van der Waals surface area contributed by atoms with Gasteiger partial charge in [0, 0.05) is 7.05 Å². The van der Waals surface area contributed by atoms with Gasteiger partial charge in [-0.2, -0.15) is 0 Å². The minimum absolute atomic E-state index is 0.0877. The van der Waals surface area contributed by atoms with Crippen LogP contribution in [0.5, 0.6) is 0 Å². The van der Waals surface area contributed by atoms with Gasteiger partial charge in [0.2, 0.25) is 0 Å². The second-order valence-electron chi connectivity index (χ2n) is 4.10. The largest absolute Gasteiger partial charge is 0.465 e. The Morgan fingerprint density at radius 3 is 2.62 bits per heavy atom. The Morgan fingerprint density at radius 1 is 1.24 bits per heavy atom. The Labute approximate surface area is 126 Å².